The van der Waals surface area contributed by atoms with Crippen molar-refractivity contribution in [2.75, 3.05) is 37.8 Å². The molecular weight excluding hydrogens is 503 g/mol. The number of hydrogen-bond acceptors (Lipinski definition) is 6. The smallest absolute Gasteiger partial charge is 0.322 e. The number of anilines is 2. The molecule has 186 valence electrons. The van der Waals surface area contributed by atoms with Gasteiger partial charge in [0, 0.05) is 30.9 Å². The Bertz CT molecular complexity index is 1200. The van der Waals surface area contributed by atoms with Crippen LogP contribution < -0.4 is 16.0 Å². The van der Waals surface area contributed by atoms with Crippen molar-refractivity contribution in [3.8, 4) is 0 Å². The molecule has 0 aliphatic rings. The molecule has 0 atom stereocenters. The quantitative estimate of drug-likeness (QED) is 0.343. The van der Waals surface area contributed by atoms with Crippen LogP contribution in [0.15, 0.2) is 48.7 Å². The van der Waals surface area contributed by atoms with Crippen molar-refractivity contribution in [3.05, 3.63) is 75.4 Å². The SMILES string of the molecule is CN(C)CCNCc1ncc(NC(=O)c2cc(NC(=O)c3cccc(C(F)(F)F)c3)ccc2Cl)s1. The zero-order valence-electron chi connectivity index (χ0n) is 18.9. The number of aromatic nitrogens is 1. The lowest BCUT2D eigenvalue weighted by Gasteiger charge is -2.11. The number of likely N-dealkylation sites (N-methyl/N-ethyl adjacent to an activating group) is 1. The lowest BCUT2D eigenvalue weighted by Crippen LogP contribution is -2.26. The van der Waals surface area contributed by atoms with Crippen LogP contribution in [0.5, 0.6) is 0 Å². The Morgan fingerprint density at radius 3 is 2.57 bits per heavy atom. The number of rotatable bonds is 9. The van der Waals surface area contributed by atoms with Gasteiger partial charge in [0.2, 0.25) is 0 Å². The summed E-state index contributed by atoms with van der Waals surface area (Å²) < 4.78 is 38.8. The van der Waals surface area contributed by atoms with Gasteiger partial charge in [-0.3, -0.25) is 9.59 Å². The zero-order valence-corrected chi connectivity index (χ0v) is 20.4. The number of nitrogens with one attached hydrogen (secondary N) is 3. The van der Waals surface area contributed by atoms with Crippen LogP contribution in [-0.2, 0) is 12.7 Å². The molecule has 0 unspecified atom stereocenters. The molecular formula is C23H23ClF3N5O2S. The van der Waals surface area contributed by atoms with Gasteiger partial charge in [-0.15, -0.1) is 0 Å². The molecule has 1 aromatic heterocycles. The minimum absolute atomic E-state index is 0.0903. The third-order valence-electron chi connectivity index (χ3n) is 4.72. The van der Waals surface area contributed by atoms with E-state index >= 15 is 0 Å². The van der Waals surface area contributed by atoms with Gasteiger partial charge in [-0.25, -0.2) is 4.98 Å². The van der Waals surface area contributed by atoms with Crippen LogP contribution in [0.3, 0.4) is 0 Å². The number of carbonyl (C=O) groups is 2. The van der Waals surface area contributed by atoms with Crippen molar-refractivity contribution in [1.29, 1.82) is 0 Å². The predicted molar refractivity (Wildman–Crippen MR) is 131 cm³/mol. The molecule has 35 heavy (non-hydrogen) atoms. The first-order valence-electron chi connectivity index (χ1n) is 10.4. The Labute approximate surface area is 209 Å². The van der Waals surface area contributed by atoms with Crippen molar-refractivity contribution in [3.63, 3.8) is 0 Å². The van der Waals surface area contributed by atoms with E-state index in [-0.39, 0.29) is 21.8 Å². The summed E-state index contributed by atoms with van der Waals surface area (Å²) in [6.07, 6.45) is -3.03. The van der Waals surface area contributed by atoms with Crippen LogP contribution >= 0.6 is 22.9 Å². The lowest BCUT2D eigenvalue weighted by atomic mass is 10.1. The fourth-order valence-electron chi connectivity index (χ4n) is 2.94. The number of thiazole rings is 1. The molecule has 2 aromatic carbocycles. The standard InChI is InChI=1S/C23H23ClF3N5O2S/c1-32(2)9-8-28-12-19-29-13-20(35-19)31-22(34)17-11-16(6-7-18(17)24)30-21(33)14-4-3-5-15(10-14)23(25,26)27/h3-7,10-11,13,28H,8-9,12H2,1-2H3,(H,30,33)(H,31,34). The van der Waals surface area contributed by atoms with Crippen molar-refractivity contribution in [2.24, 2.45) is 0 Å². The first kappa shape index (κ1) is 26.6. The van der Waals surface area contributed by atoms with Gasteiger partial charge in [0.05, 0.1) is 22.3 Å². The summed E-state index contributed by atoms with van der Waals surface area (Å²) in [5.74, 6) is -1.26. The van der Waals surface area contributed by atoms with E-state index in [1.54, 1.807) is 6.20 Å². The molecule has 0 radical (unpaired) electrons. The second kappa shape index (κ2) is 11.6. The van der Waals surface area contributed by atoms with Crippen LogP contribution in [0.1, 0.15) is 31.3 Å². The molecule has 0 saturated heterocycles. The number of hydrogen-bond donors (Lipinski definition) is 3. The third kappa shape index (κ3) is 7.76. The van der Waals surface area contributed by atoms with Gasteiger partial charge in [-0.05, 0) is 50.5 Å². The third-order valence-corrected chi connectivity index (χ3v) is 5.97. The van der Waals surface area contributed by atoms with Gasteiger partial charge in [0.1, 0.15) is 10.0 Å². The molecule has 0 spiro atoms. The van der Waals surface area contributed by atoms with E-state index in [0.29, 0.717) is 11.5 Å². The van der Waals surface area contributed by atoms with Gasteiger partial charge in [-0.1, -0.05) is 29.0 Å². The summed E-state index contributed by atoms with van der Waals surface area (Å²) in [7, 11) is 3.96. The molecule has 0 fully saturated rings. The van der Waals surface area contributed by atoms with Crippen LogP contribution in [0.25, 0.3) is 0 Å². The molecule has 0 bridgehead atoms. The molecule has 2 amide bonds. The fraction of sp³-hybridized carbons (Fsp3) is 0.261. The topological polar surface area (TPSA) is 86.4 Å². The van der Waals surface area contributed by atoms with E-state index in [1.807, 2.05) is 14.1 Å². The van der Waals surface area contributed by atoms with Crippen molar-refractivity contribution in [1.82, 2.24) is 15.2 Å². The Balaban J connectivity index is 1.65. The lowest BCUT2D eigenvalue weighted by molar-refractivity contribution is -0.137. The molecule has 12 heteroatoms. The Kier molecular flexibility index (Phi) is 8.84. The Morgan fingerprint density at radius 2 is 1.86 bits per heavy atom. The predicted octanol–water partition coefficient (Wildman–Crippen LogP) is 4.97. The summed E-state index contributed by atoms with van der Waals surface area (Å²) in [5, 5.41) is 9.95. The maximum Gasteiger partial charge on any atom is 0.416 e. The van der Waals surface area contributed by atoms with Crippen LogP contribution in [0.4, 0.5) is 23.9 Å². The average Bonchev–Trinajstić information content (AvgIpc) is 3.24. The molecule has 0 aliphatic carbocycles. The maximum absolute atomic E-state index is 12.9. The maximum atomic E-state index is 12.9. The van der Waals surface area contributed by atoms with Crippen LogP contribution in [-0.4, -0.2) is 48.9 Å². The number of nitrogens with zero attached hydrogens (tertiary/aromatic N) is 2. The first-order valence-corrected chi connectivity index (χ1v) is 11.6. The van der Waals surface area contributed by atoms with Gasteiger partial charge in [0.15, 0.2) is 0 Å². The molecule has 3 aromatic rings. The molecule has 1 heterocycles. The van der Waals surface area contributed by atoms with E-state index in [1.165, 1.54) is 35.6 Å². The largest absolute Gasteiger partial charge is 0.416 e. The van der Waals surface area contributed by atoms with Crippen LogP contribution in [0.2, 0.25) is 5.02 Å². The number of carbonyl (C=O) groups excluding carboxylic acids is 2. The van der Waals surface area contributed by atoms with Gasteiger partial charge in [0.25, 0.3) is 11.8 Å². The Hall–Kier alpha value is -2.99. The second-order valence-corrected chi connectivity index (χ2v) is 9.30. The highest BCUT2D eigenvalue weighted by Gasteiger charge is 2.31. The summed E-state index contributed by atoms with van der Waals surface area (Å²) in [6, 6.07) is 8.29. The van der Waals surface area contributed by atoms with E-state index in [4.69, 9.17) is 11.6 Å². The van der Waals surface area contributed by atoms with Gasteiger partial charge in [-0.2, -0.15) is 13.2 Å². The highest BCUT2D eigenvalue weighted by atomic mass is 35.5. The number of benzene rings is 2. The van der Waals surface area contributed by atoms with Crippen molar-refractivity contribution in [2.45, 2.75) is 12.7 Å². The second-order valence-electron chi connectivity index (χ2n) is 7.78. The zero-order chi connectivity index (χ0) is 25.6. The summed E-state index contributed by atoms with van der Waals surface area (Å²) in [5.41, 5.74) is -0.806. The highest BCUT2D eigenvalue weighted by Crippen LogP contribution is 2.30. The van der Waals surface area contributed by atoms with Gasteiger partial charge >= 0.3 is 6.18 Å². The summed E-state index contributed by atoms with van der Waals surface area (Å²) >= 11 is 7.48. The number of amides is 2. The van der Waals surface area contributed by atoms with E-state index in [9.17, 15) is 22.8 Å². The summed E-state index contributed by atoms with van der Waals surface area (Å²) in [6.45, 7) is 2.24. The molecule has 3 N–H and O–H groups in total. The number of alkyl halides is 3. The first-order chi connectivity index (χ1) is 16.5. The van der Waals surface area contributed by atoms with Crippen molar-refractivity contribution < 1.29 is 22.8 Å². The van der Waals surface area contributed by atoms with E-state index in [2.05, 4.69) is 25.8 Å². The van der Waals surface area contributed by atoms with Crippen LogP contribution in [0, 0.1) is 0 Å². The van der Waals surface area contributed by atoms with Gasteiger partial charge < -0.3 is 20.9 Å². The minimum Gasteiger partial charge on any atom is -0.322 e. The molecule has 0 aliphatic heterocycles. The Morgan fingerprint density at radius 1 is 1.09 bits per heavy atom. The molecule has 7 nitrogen and oxygen atoms in total. The molecule has 3 rings (SSSR count). The molecule has 0 saturated carbocycles. The minimum atomic E-state index is -4.57. The fourth-order valence-corrected chi connectivity index (χ4v) is 3.93. The normalized spacial score (nSPS) is 11.5. The van der Waals surface area contributed by atoms with E-state index < -0.39 is 23.6 Å². The summed E-state index contributed by atoms with van der Waals surface area (Å²) in [4.78, 5) is 31.6. The highest BCUT2D eigenvalue weighted by molar-refractivity contribution is 7.15. The number of halogens is 4. The monoisotopic (exact) mass is 525 g/mol. The van der Waals surface area contributed by atoms with Crippen molar-refractivity contribution >= 4 is 45.4 Å². The average molecular weight is 526 g/mol. The van der Waals surface area contributed by atoms with E-state index in [0.717, 1.165) is 36.3 Å².